The number of amides is 1. The first-order chi connectivity index (χ1) is 8.59. The van der Waals surface area contributed by atoms with Gasteiger partial charge in [-0.05, 0) is 19.1 Å². The molecule has 4 nitrogen and oxygen atoms in total. The summed E-state index contributed by atoms with van der Waals surface area (Å²) in [6, 6.07) is 9.85. The summed E-state index contributed by atoms with van der Waals surface area (Å²) in [6.07, 6.45) is 0.356. The fourth-order valence-electron chi connectivity index (χ4n) is 1.31. The van der Waals surface area contributed by atoms with Crippen LogP contribution in [0.15, 0.2) is 35.2 Å². The summed E-state index contributed by atoms with van der Waals surface area (Å²) < 4.78 is 0. The number of carbonyl (C=O) groups is 1. The fraction of sp³-hybridized carbons (Fsp3) is 0.462. The molecule has 5 heteroatoms. The lowest BCUT2D eigenvalue weighted by atomic mass is 10.1. The molecule has 0 aromatic heterocycles. The summed E-state index contributed by atoms with van der Waals surface area (Å²) in [5.41, 5.74) is -0.936. The van der Waals surface area contributed by atoms with Crippen LogP contribution < -0.4 is 5.32 Å². The second kappa shape index (κ2) is 7.41. The Kier molecular flexibility index (Phi) is 6.18. The van der Waals surface area contributed by atoms with Crippen LogP contribution in [0.2, 0.25) is 0 Å². The van der Waals surface area contributed by atoms with Gasteiger partial charge in [0.05, 0.1) is 18.8 Å². The molecule has 0 aliphatic rings. The van der Waals surface area contributed by atoms with Gasteiger partial charge in [0, 0.05) is 17.1 Å². The monoisotopic (exact) mass is 269 g/mol. The zero-order valence-corrected chi connectivity index (χ0v) is 11.2. The van der Waals surface area contributed by atoms with E-state index < -0.39 is 5.54 Å². The third-order valence-electron chi connectivity index (χ3n) is 2.48. The van der Waals surface area contributed by atoms with Gasteiger partial charge in [-0.3, -0.25) is 4.79 Å². The number of aliphatic hydroxyl groups excluding tert-OH is 2. The highest BCUT2D eigenvalue weighted by molar-refractivity contribution is 7.99. The number of hydrogen-bond acceptors (Lipinski definition) is 4. The number of aliphatic hydroxyl groups is 2. The van der Waals surface area contributed by atoms with Crippen LogP contribution in [0.4, 0.5) is 0 Å². The average Bonchev–Trinajstić information content (AvgIpc) is 2.40. The number of rotatable bonds is 7. The summed E-state index contributed by atoms with van der Waals surface area (Å²) in [5.74, 6) is 0.506. The van der Waals surface area contributed by atoms with Gasteiger partial charge in [0.2, 0.25) is 5.91 Å². The largest absolute Gasteiger partial charge is 0.394 e. The van der Waals surface area contributed by atoms with Crippen molar-refractivity contribution in [2.75, 3.05) is 19.0 Å². The molecule has 1 amide bonds. The van der Waals surface area contributed by atoms with E-state index in [2.05, 4.69) is 5.32 Å². The number of hydrogen-bond donors (Lipinski definition) is 3. The lowest BCUT2D eigenvalue weighted by molar-refractivity contribution is -0.123. The minimum Gasteiger partial charge on any atom is -0.394 e. The van der Waals surface area contributed by atoms with Crippen LogP contribution in [0.3, 0.4) is 0 Å². The van der Waals surface area contributed by atoms with Gasteiger partial charge >= 0.3 is 0 Å². The Hall–Kier alpha value is -1.04. The van der Waals surface area contributed by atoms with Gasteiger partial charge in [0.1, 0.15) is 0 Å². The topological polar surface area (TPSA) is 69.6 Å². The highest BCUT2D eigenvalue weighted by Crippen LogP contribution is 2.17. The molecule has 0 spiro atoms. The highest BCUT2D eigenvalue weighted by Gasteiger charge is 2.23. The number of benzene rings is 1. The number of carbonyl (C=O) groups excluding carboxylic acids is 1. The summed E-state index contributed by atoms with van der Waals surface area (Å²) >= 11 is 1.60. The first kappa shape index (κ1) is 15.0. The van der Waals surface area contributed by atoms with E-state index in [4.69, 9.17) is 10.2 Å². The van der Waals surface area contributed by atoms with Crippen LogP contribution >= 0.6 is 11.8 Å². The Labute approximate surface area is 111 Å². The lowest BCUT2D eigenvalue weighted by Gasteiger charge is -2.26. The first-order valence-electron chi connectivity index (χ1n) is 5.80. The molecule has 0 saturated carbocycles. The second-order valence-electron chi connectivity index (χ2n) is 4.34. The van der Waals surface area contributed by atoms with Crippen molar-refractivity contribution < 1.29 is 15.0 Å². The van der Waals surface area contributed by atoms with Crippen LogP contribution in [0.1, 0.15) is 13.3 Å². The second-order valence-corrected chi connectivity index (χ2v) is 5.50. The molecule has 3 N–H and O–H groups in total. The van der Waals surface area contributed by atoms with Crippen molar-refractivity contribution in [3.63, 3.8) is 0 Å². The van der Waals surface area contributed by atoms with E-state index in [9.17, 15) is 4.79 Å². The SMILES string of the molecule is CC(CO)(CO)NC(=O)CCSc1ccccc1. The molecule has 0 atom stereocenters. The van der Waals surface area contributed by atoms with E-state index in [0.717, 1.165) is 4.90 Å². The van der Waals surface area contributed by atoms with Gasteiger partial charge < -0.3 is 15.5 Å². The van der Waals surface area contributed by atoms with Crippen LogP contribution in [0.5, 0.6) is 0 Å². The maximum absolute atomic E-state index is 11.6. The van der Waals surface area contributed by atoms with Crippen molar-refractivity contribution in [2.24, 2.45) is 0 Å². The Balaban J connectivity index is 2.30. The molecule has 1 rings (SSSR count). The van der Waals surface area contributed by atoms with Crippen molar-refractivity contribution in [3.8, 4) is 0 Å². The molecular formula is C13H19NO3S. The lowest BCUT2D eigenvalue weighted by Crippen LogP contribution is -2.51. The molecule has 100 valence electrons. The van der Waals surface area contributed by atoms with Gasteiger partial charge in [-0.15, -0.1) is 11.8 Å². The molecule has 1 aromatic rings. The summed E-state index contributed by atoms with van der Waals surface area (Å²) in [6.45, 7) is 1.05. The molecule has 18 heavy (non-hydrogen) atoms. The Morgan fingerprint density at radius 1 is 1.28 bits per heavy atom. The minimum absolute atomic E-state index is 0.163. The maximum Gasteiger partial charge on any atom is 0.221 e. The smallest absolute Gasteiger partial charge is 0.221 e. The van der Waals surface area contributed by atoms with Gasteiger partial charge in [-0.1, -0.05) is 18.2 Å². The zero-order chi connectivity index (χ0) is 13.4. The van der Waals surface area contributed by atoms with Crippen molar-refractivity contribution in [3.05, 3.63) is 30.3 Å². The van der Waals surface area contributed by atoms with Crippen LogP contribution in [-0.4, -0.2) is 40.6 Å². The number of nitrogens with one attached hydrogen (secondary N) is 1. The molecule has 1 aromatic carbocycles. The van der Waals surface area contributed by atoms with Crippen molar-refractivity contribution in [2.45, 2.75) is 23.8 Å². The van der Waals surface area contributed by atoms with Crippen LogP contribution in [0, 0.1) is 0 Å². The van der Waals surface area contributed by atoms with Crippen LogP contribution in [0.25, 0.3) is 0 Å². The van der Waals surface area contributed by atoms with Crippen molar-refractivity contribution >= 4 is 17.7 Å². The quantitative estimate of drug-likeness (QED) is 0.647. The van der Waals surface area contributed by atoms with Gasteiger partial charge in [-0.2, -0.15) is 0 Å². The Morgan fingerprint density at radius 2 is 1.89 bits per heavy atom. The Morgan fingerprint density at radius 3 is 2.44 bits per heavy atom. The summed E-state index contributed by atoms with van der Waals surface area (Å²) in [7, 11) is 0. The molecule has 0 aliphatic heterocycles. The molecule has 0 aliphatic carbocycles. The first-order valence-corrected chi connectivity index (χ1v) is 6.79. The van der Waals surface area contributed by atoms with E-state index in [-0.39, 0.29) is 19.1 Å². The molecule has 0 unspecified atom stereocenters. The molecular weight excluding hydrogens is 250 g/mol. The molecule has 0 saturated heterocycles. The summed E-state index contributed by atoms with van der Waals surface area (Å²) in [5, 5.41) is 20.7. The average molecular weight is 269 g/mol. The van der Waals surface area contributed by atoms with Crippen molar-refractivity contribution in [1.82, 2.24) is 5.32 Å². The third kappa shape index (κ3) is 5.08. The van der Waals surface area contributed by atoms with E-state index in [0.29, 0.717) is 12.2 Å². The highest BCUT2D eigenvalue weighted by atomic mass is 32.2. The van der Waals surface area contributed by atoms with Gasteiger partial charge in [-0.25, -0.2) is 0 Å². The van der Waals surface area contributed by atoms with Crippen molar-refractivity contribution in [1.29, 1.82) is 0 Å². The Bertz CT molecular complexity index is 366. The zero-order valence-electron chi connectivity index (χ0n) is 10.4. The fourth-order valence-corrected chi connectivity index (χ4v) is 2.18. The molecule has 0 bridgehead atoms. The molecule has 0 fully saturated rings. The summed E-state index contributed by atoms with van der Waals surface area (Å²) in [4.78, 5) is 12.7. The molecule has 0 heterocycles. The third-order valence-corrected chi connectivity index (χ3v) is 3.49. The standard InChI is InChI=1S/C13H19NO3S/c1-13(9-15,10-16)14-12(17)7-8-18-11-5-3-2-4-6-11/h2-6,15-16H,7-10H2,1H3,(H,14,17). The van der Waals surface area contributed by atoms with E-state index in [1.54, 1.807) is 18.7 Å². The predicted molar refractivity (Wildman–Crippen MR) is 72.5 cm³/mol. The van der Waals surface area contributed by atoms with E-state index in [1.807, 2.05) is 30.3 Å². The minimum atomic E-state index is -0.936. The van der Waals surface area contributed by atoms with Gasteiger partial charge in [0.25, 0.3) is 0 Å². The maximum atomic E-state index is 11.6. The normalized spacial score (nSPS) is 11.3. The van der Waals surface area contributed by atoms with Crippen LogP contribution in [-0.2, 0) is 4.79 Å². The molecule has 0 radical (unpaired) electrons. The van der Waals surface area contributed by atoms with E-state index >= 15 is 0 Å². The van der Waals surface area contributed by atoms with Gasteiger partial charge in [0.15, 0.2) is 0 Å². The van der Waals surface area contributed by atoms with E-state index in [1.165, 1.54) is 0 Å². The number of thioether (sulfide) groups is 1. The predicted octanol–water partition coefficient (Wildman–Crippen LogP) is 1.03.